The average molecular weight is 250 g/mol. The van der Waals surface area contributed by atoms with Crippen molar-refractivity contribution < 1.29 is 4.74 Å². The molecule has 0 radical (unpaired) electrons. The number of rotatable bonds is 5. The summed E-state index contributed by atoms with van der Waals surface area (Å²) in [6.07, 6.45) is 5.54. The van der Waals surface area contributed by atoms with Gasteiger partial charge in [-0.1, -0.05) is 12.8 Å². The number of ether oxygens (including phenoxy) is 1. The maximum absolute atomic E-state index is 8.76. The number of nitrogens with one attached hydrogen (secondary N) is 1. The summed E-state index contributed by atoms with van der Waals surface area (Å²) >= 11 is 1.50. The van der Waals surface area contributed by atoms with Crippen molar-refractivity contribution in [2.24, 2.45) is 5.92 Å². The van der Waals surface area contributed by atoms with Gasteiger partial charge in [0.05, 0.1) is 11.1 Å². The first kappa shape index (κ1) is 12.4. The Morgan fingerprint density at radius 3 is 2.88 bits per heavy atom. The minimum absolute atomic E-state index is 0.296. The number of nitrogens with zero attached hydrogens (tertiary/aromatic N) is 1. The molecule has 0 amide bonds. The van der Waals surface area contributed by atoms with Gasteiger partial charge in [-0.3, -0.25) is 0 Å². The molecule has 1 aliphatic carbocycles. The van der Waals surface area contributed by atoms with E-state index in [1.165, 1.54) is 37.0 Å². The standard InChI is InChI=1S/C13H18N2OS/c1-16-12(10-4-2-3-5-10)9-15-13-7-6-11(8-14)17-13/h6-7,10,12,15H,2-5,9H2,1H3. The Kier molecular flexibility index (Phi) is 4.41. The number of nitriles is 1. The smallest absolute Gasteiger partial charge is 0.110 e. The molecule has 92 valence electrons. The van der Waals surface area contributed by atoms with E-state index in [1.807, 2.05) is 12.1 Å². The fraction of sp³-hybridized carbons (Fsp3) is 0.615. The van der Waals surface area contributed by atoms with E-state index in [0.717, 1.165) is 16.4 Å². The fourth-order valence-corrected chi connectivity index (χ4v) is 3.18. The van der Waals surface area contributed by atoms with Crippen LogP contribution in [0.3, 0.4) is 0 Å². The molecule has 0 saturated heterocycles. The highest BCUT2D eigenvalue weighted by Gasteiger charge is 2.24. The molecule has 1 aromatic rings. The first-order chi connectivity index (χ1) is 8.33. The fourth-order valence-electron chi connectivity index (χ4n) is 2.47. The van der Waals surface area contributed by atoms with E-state index in [0.29, 0.717) is 12.0 Å². The molecule has 1 aliphatic rings. The molecule has 1 fully saturated rings. The quantitative estimate of drug-likeness (QED) is 0.872. The van der Waals surface area contributed by atoms with Gasteiger partial charge in [-0.2, -0.15) is 5.26 Å². The molecule has 0 aromatic carbocycles. The highest BCUT2D eigenvalue weighted by Crippen LogP contribution is 2.29. The van der Waals surface area contributed by atoms with E-state index in [4.69, 9.17) is 10.00 Å². The zero-order valence-electron chi connectivity index (χ0n) is 10.1. The average Bonchev–Trinajstić information content (AvgIpc) is 3.00. The second kappa shape index (κ2) is 6.04. The maximum atomic E-state index is 8.76. The number of hydrogen-bond acceptors (Lipinski definition) is 4. The molecule has 0 spiro atoms. The summed E-state index contributed by atoms with van der Waals surface area (Å²) in [6.45, 7) is 0.840. The zero-order valence-corrected chi connectivity index (χ0v) is 10.9. The molecule has 1 aromatic heterocycles. The predicted molar refractivity (Wildman–Crippen MR) is 70.3 cm³/mol. The van der Waals surface area contributed by atoms with Crippen LogP contribution in [0.25, 0.3) is 0 Å². The van der Waals surface area contributed by atoms with Gasteiger partial charge in [0, 0.05) is 13.7 Å². The van der Waals surface area contributed by atoms with Crippen LogP contribution in [-0.2, 0) is 4.74 Å². The lowest BCUT2D eigenvalue weighted by Gasteiger charge is -2.22. The molecule has 17 heavy (non-hydrogen) atoms. The number of hydrogen-bond donors (Lipinski definition) is 1. The summed E-state index contributed by atoms with van der Waals surface area (Å²) < 4.78 is 5.57. The SMILES string of the molecule is COC(CNc1ccc(C#N)s1)C1CCCC1. The summed E-state index contributed by atoms with van der Waals surface area (Å²) in [5.74, 6) is 0.697. The van der Waals surface area contributed by atoms with Gasteiger partial charge in [0.25, 0.3) is 0 Å². The summed E-state index contributed by atoms with van der Waals surface area (Å²) in [5.41, 5.74) is 0. The number of thiophene rings is 1. The van der Waals surface area contributed by atoms with E-state index in [2.05, 4.69) is 11.4 Å². The van der Waals surface area contributed by atoms with Crippen molar-refractivity contribution in [1.29, 1.82) is 5.26 Å². The largest absolute Gasteiger partial charge is 0.379 e. The third-order valence-corrected chi connectivity index (χ3v) is 4.37. The summed E-state index contributed by atoms with van der Waals surface area (Å²) in [7, 11) is 1.79. The van der Waals surface area contributed by atoms with Gasteiger partial charge in [0.1, 0.15) is 10.9 Å². The predicted octanol–water partition coefficient (Wildman–Crippen LogP) is 3.24. The Morgan fingerprint density at radius 1 is 1.53 bits per heavy atom. The Hall–Kier alpha value is -1.05. The van der Waals surface area contributed by atoms with Crippen LogP contribution in [-0.4, -0.2) is 19.8 Å². The first-order valence-corrected chi connectivity index (χ1v) is 6.91. The maximum Gasteiger partial charge on any atom is 0.110 e. The zero-order chi connectivity index (χ0) is 12.1. The van der Waals surface area contributed by atoms with Gasteiger partial charge in [-0.05, 0) is 30.9 Å². The van der Waals surface area contributed by atoms with E-state index in [9.17, 15) is 0 Å². The molecule has 1 saturated carbocycles. The van der Waals surface area contributed by atoms with Crippen molar-refractivity contribution in [3.05, 3.63) is 17.0 Å². The topological polar surface area (TPSA) is 45.0 Å². The van der Waals surface area contributed by atoms with Gasteiger partial charge in [0.15, 0.2) is 0 Å². The Morgan fingerprint density at radius 2 is 2.29 bits per heavy atom. The monoisotopic (exact) mass is 250 g/mol. The molecule has 0 aliphatic heterocycles. The molecule has 4 heteroatoms. The van der Waals surface area contributed by atoms with Crippen LogP contribution in [0.15, 0.2) is 12.1 Å². The Balaban J connectivity index is 1.85. The minimum atomic E-state index is 0.296. The van der Waals surface area contributed by atoms with Crippen molar-refractivity contribution in [1.82, 2.24) is 0 Å². The van der Waals surface area contributed by atoms with Gasteiger partial charge in [0.2, 0.25) is 0 Å². The van der Waals surface area contributed by atoms with Crippen molar-refractivity contribution in [3.63, 3.8) is 0 Å². The van der Waals surface area contributed by atoms with E-state index in [-0.39, 0.29) is 0 Å². The molecular weight excluding hydrogens is 232 g/mol. The first-order valence-electron chi connectivity index (χ1n) is 6.10. The summed E-state index contributed by atoms with van der Waals surface area (Å²) in [5, 5.41) is 13.2. The highest BCUT2D eigenvalue weighted by atomic mass is 32.1. The Bertz CT molecular complexity index is 390. The van der Waals surface area contributed by atoms with Crippen molar-refractivity contribution in [2.75, 3.05) is 19.0 Å². The van der Waals surface area contributed by atoms with Crippen LogP contribution in [0.2, 0.25) is 0 Å². The molecule has 3 nitrogen and oxygen atoms in total. The van der Waals surface area contributed by atoms with Gasteiger partial charge >= 0.3 is 0 Å². The molecule has 2 rings (SSSR count). The van der Waals surface area contributed by atoms with Crippen molar-refractivity contribution >= 4 is 16.3 Å². The van der Waals surface area contributed by atoms with Crippen LogP contribution >= 0.6 is 11.3 Å². The molecule has 1 unspecified atom stereocenters. The Labute approximate surface area is 106 Å². The third-order valence-electron chi connectivity index (χ3n) is 3.42. The lowest BCUT2D eigenvalue weighted by molar-refractivity contribution is 0.0646. The number of anilines is 1. The highest BCUT2D eigenvalue weighted by molar-refractivity contribution is 7.16. The van der Waals surface area contributed by atoms with Gasteiger partial charge in [-0.25, -0.2) is 0 Å². The number of methoxy groups -OCH3 is 1. The molecule has 1 N–H and O–H groups in total. The molecular formula is C13H18N2OS. The van der Waals surface area contributed by atoms with Crippen LogP contribution < -0.4 is 5.32 Å². The van der Waals surface area contributed by atoms with E-state index < -0.39 is 0 Å². The molecule has 0 bridgehead atoms. The normalized spacial score (nSPS) is 17.9. The van der Waals surface area contributed by atoms with Crippen LogP contribution in [0.4, 0.5) is 5.00 Å². The third kappa shape index (κ3) is 3.21. The second-order valence-electron chi connectivity index (χ2n) is 4.48. The van der Waals surface area contributed by atoms with Crippen LogP contribution in [0, 0.1) is 17.2 Å². The minimum Gasteiger partial charge on any atom is -0.379 e. The summed E-state index contributed by atoms with van der Waals surface area (Å²) in [4.78, 5) is 0.752. The van der Waals surface area contributed by atoms with Crippen molar-refractivity contribution in [2.45, 2.75) is 31.8 Å². The van der Waals surface area contributed by atoms with Crippen LogP contribution in [0.5, 0.6) is 0 Å². The lowest BCUT2D eigenvalue weighted by atomic mass is 10.0. The van der Waals surface area contributed by atoms with Crippen molar-refractivity contribution in [3.8, 4) is 6.07 Å². The van der Waals surface area contributed by atoms with Crippen LogP contribution in [0.1, 0.15) is 30.6 Å². The van der Waals surface area contributed by atoms with E-state index in [1.54, 1.807) is 7.11 Å². The lowest BCUT2D eigenvalue weighted by Crippen LogP contribution is -2.28. The van der Waals surface area contributed by atoms with E-state index >= 15 is 0 Å². The van der Waals surface area contributed by atoms with Gasteiger partial charge in [-0.15, -0.1) is 11.3 Å². The summed E-state index contributed by atoms with van der Waals surface area (Å²) in [6, 6.07) is 5.97. The second-order valence-corrected chi connectivity index (χ2v) is 5.56. The molecule has 1 heterocycles. The van der Waals surface area contributed by atoms with Gasteiger partial charge < -0.3 is 10.1 Å². The molecule has 1 atom stereocenters.